The van der Waals surface area contributed by atoms with Crippen LogP contribution in [0, 0.1) is 5.92 Å². The summed E-state index contributed by atoms with van der Waals surface area (Å²) in [6.45, 7) is 4.01. The van der Waals surface area contributed by atoms with Gasteiger partial charge in [0.25, 0.3) is 5.91 Å². The third-order valence-corrected chi connectivity index (χ3v) is 4.05. The number of amides is 2. The lowest BCUT2D eigenvalue weighted by molar-refractivity contribution is -0.122. The Hall–Kier alpha value is -2.62. The molecule has 0 radical (unpaired) electrons. The SMILES string of the molecule is CC(C)C[C@H](C(N)=O)N(C)C(=O)c1ccccc1-c1ccccc1. The minimum absolute atomic E-state index is 0.195. The number of nitrogens with zero attached hydrogens (tertiary/aromatic N) is 1. The summed E-state index contributed by atoms with van der Waals surface area (Å²) in [5.41, 5.74) is 7.91. The predicted octanol–water partition coefficient (Wildman–Crippen LogP) is 3.33. The summed E-state index contributed by atoms with van der Waals surface area (Å²) in [5, 5.41) is 0. The average Bonchev–Trinajstić information content (AvgIpc) is 2.59. The second kappa shape index (κ2) is 7.77. The number of carbonyl (C=O) groups excluding carboxylic acids is 2. The van der Waals surface area contributed by atoms with Gasteiger partial charge in [-0.2, -0.15) is 0 Å². The van der Waals surface area contributed by atoms with Gasteiger partial charge in [0, 0.05) is 12.6 Å². The molecule has 0 aliphatic heterocycles. The molecule has 2 amide bonds. The molecule has 4 nitrogen and oxygen atoms in total. The fourth-order valence-electron chi connectivity index (χ4n) is 2.78. The van der Waals surface area contributed by atoms with E-state index < -0.39 is 11.9 Å². The molecule has 2 aromatic rings. The fraction of sp³-hybridized carbons (Fsp3) is 0.300. The normalized spacial score (nSPS) is 12.0. The van der Waals surface area contributed by atoms with Gasteiger partial charge in [-0.25, -0.2) is 0 Å². The zero-order valence-electron chi connectivity index (χ0n) is 14.4. The van der Waals surface area contributed by atoms with E-state index in [2.05, 4.69) is 0 Å². The molecule has 126 valence electrons. The molecule has 2 aromatic carbocycles. The van der Waals surface area contributed by atoms with Crippen molar-refractivity contribution >= 4 is 11.8 Å². The highest BCUT2D eigenvalue weighted by atomic mass is 16.2. The van der Waals surface area contributed by atoms with Crippen molar-refractivity contribution in [3.63, 3.8) is 0 Å². The van der Waals surface area contributed by atoms with Crippen LogP contribution in [0.4, 0.5) is 0 Å². The fourth-order valence-corrected chi connectivity index (χ4v) is 2.78. The van der Waals surface area contributed by atoms with Gasteiger partial charge in [-0.3, -0.25) is 9.59 Å². The van der Waals surface area contributed by atoms with Gasteiger partial charge < -0.3 is 10.6 Å². The number of primary amides is 1. The summed E-state index contributed by atoms with van der Waals surface area (Å²) in [6, 6.07) is 16.6. The molecule has 0 bridgehead atoms. The Balaban J connectivity index is 2.37. The van der Waals surface area contributed by atoms with E-state index >= 15 is 0 Å². The van der Waals surface area contributed by atoms with Crippen LogP contribution in [0.1, 0.15) is 30.6 Å². The van der Waals surface area contributed by atoms with Crippen molar-refractivity contribution in [3.05, 3.63) is 60.2 Å². The van der Waals surface area contributed by atoms with Gasteiger partial charge in [0.05, 0.1) is 0 Å². The van der Waals surface area contributed by atoms with E-state index in [0.29, 0.717) is 12.0 Å². The second-order valence-corrected chi connectivity index (χ2v) is 6.38. The zero-order chi connectivity index (χ0) is 17.7. The summed E-state index contributed by atoms with van der Waals surface area (Å²) >= 11 is 0. The number of likely N-dealkylation sites (N-methyl/N-ethyl adjacent to an activating group) is 1. The third kappa shape index (κ3) is 4.02. The van der Waals surface area contributed by atoms with Gasteiger partial charge in [-0.15, -0.1) is 0 Å². The summed E-state index contributed by atoms with van der Waals surface area (Å²) in [7, 11) is 1.64. The maximum atomic E-state index is 13.0. The number of benzene rings is 2. The topological polar surface area (TPSA) is 63.4 Å². The van der Waals surface area contributed by atoms with Crippen LogP contribution in [-0.2, 0) is 4.79 Å². The van der Waals surface area contributed by atoms with Crippen molar-refractivity contribution in [1.29, 1.82) is 0 Å². The Morgan fingerprint density at radius 1 is 1.00 bits per heavy atom. The quantitative estimate of drug-likeness (QED) is 0.886. The maximum absolute atomic E-state index is 13.0. The van der Waals surface area contributed by atoms with E-state index in [4.69, 9.17) is 5.73 Å². The van der Waals surface area contributed by atoms with Crippen LogP contribution in [0.5, 0.6) is 0 Å². The van der Waals surface area contributed by atoms with Crippen molar-refractivity contribution < 1.29 is 9.59 Å². The van der Waals surface area contributed by atoms with Crippen LogP contribution in [0.25, 0.3) is 11.1 Å². The first-order chi connectivity index (χ1) is 11.4. The number of hydrogen-bond acceptors (Lipinski definition) is 2. The van der Waals surface area contributed by atoms with Gasteiger partial charge in [0.2, 0.25) is 5.91 Å². The van der Waals surface area contributed by atoms with E-state index in [1.807, 2.05) is 62.4 Å². The Morgan fingerprint density at radius 3 is 2.17 bits per heavy atom. The van der Waals surface area contributed by atoms with Crippen molar-refractivity contribution in [2.45, 2.75) is 26.3 Å². The minimum Gasteiger partial charge on any atom is -0.368 e. The van der Waals surface area contributed by atoms with Crippen LogP contribution >= 0.6 is 0 Å². The van der Waals surface area contributed by atoms with Crippen molar-refractivity contribution in [2.24, 2.45) is 11.7 Å². The van der Waals surface area contributed by atoms with Crippen LogP contribution in [-0.4, -0.2) is 29.8 Å². The number of nitrogens with two attached hydrogens (primary N) is 1. The Morgan fingerprint density at radius 2 is 1.58 bits per heavy atom. The van der Waals surface area contributed by atoms with Crippen LogP contribution in [0.15, 0.2) is 54.6 Å². The molecule has 0 aliphatic rings. The smallest absolute Gasteiger partial charge is 0.254 e. The maximum Gasteiger partial charge on any atom is 0.254 e. The standard InChI is InChI=1S/C20H24N2O2/c1-14(2)13-18(19(21)23)22(3)20(24)17-12-8-7-11-16(17)15-9-5-4-6-10-15/h4-12,14,18H,13H2,1-3H3,(H2,21,23)/t18-/m1/s1. The van der Waals surface area contributed by atoms with E-state index in [1.54, 1.807) is 13.1 Å². The van der Waals surface area contributed by atoms with Gasteiger partial charge >= 0.3 is 0 Å². The third-order valence-electron chi connectivity index (χ3n) is 4.05. The molecule has 4 heteroatoms. The lowest BCUT2D eigenvalue weighted by Crippen LogP contribution is -2.46. The van der Waals surface area contributed by atoms with Gasteiger partial charge in [0.15, 0.2) is 0 Å². The number of carbonyl (C=O) groups is 2. The molecule has 0 saturated heterocycles. The summed E-state index contributed by atoms with van der Waals surface area (Å²) < 4.78 is 0. The van der Waals surface area contributed by atoms with E-state index in [1.165, 1.54) is 4.90 Å². The summed E-state index contributed by atoms with van der Waals surface area (Å²) in [6.07, 6.45) is 0.547. The van der Waals surface area contributed by atoms with E-state index in [0.717, 1.165) is 11.1 Å². The van der Waals surface area contributed by atoms with Crippen molar-refractivity contribution in [2.75, 3.05) is 7.05 Å². The molecule has 0 fully saturated rings. The molecule has 24 heavy (non-hydrogen) atoms. The summed E-state index contributed by atoms with van der Waals surface area (Å²) in [5.74, 6) is -0.405. The van der Waals surface area contributed by atoms with Crippen molar-refractivity contribution in [1.82, 2.24) is 4.90 Å². The molecule has 0 aromatic heterocycles. The second-order valence-electron chi connectivity index (χ2n) is 6.38. The molecule has 2 rings (SSSR count). The predicted molar refractivity (Wildman–Crippen MR) is 96.4 cm³/mol. The first-order valence-electron chi connectivity index (χ1n) is 8.12. The van der Waals surface area contributed by atoms with Crippen LogP contribution in [0.3, 0.4) is 0 Å². The van der Waals surface area contributed by atoms with E-state index in [-0.39, 0.29) is 11.8 Å². The molecule has 2 N–H and O–H groups in total. The van der Waals surface area contributed by atoms with Gasteiger partial charge in [-0.05, 0) is 29.5 Å². The largest absolute Gasteiger partial charge is 0.368 e. The number of rotatable bonds is 6. The lowest BCUT2D eigenvalue weighted by Gasteiger charge is -2.27. The van der Waals surface area contributed by atoms with Crippen LogP contribution < -0.4 is 5.73 Å². The molecular weight excluding hydrogens is 300 g/mol. The first-order valence-corrected chi connectivity index (χ1v) is 8.12. The summed E-state index contributed by atoms with van der Waals surface area (Å²) in [4.78, 5) is 26.2. The molecular formula is C20H24N2O2. The monoisotopic (exact) mass is 324 g/mol. The Bertz CT molecular complexity index is 711. The highest BCUT2D eigenvalue weighted by Gasteiger charge is 2.27. The van der Waals surface area contributed by atoms with Crippen molar-refractivity contribution in [3.8, 4) is 11.1 Å². The minimum atomic E-state index is -0.610. The molecule has 1 atom stereocenters. The van der Waals surface area contributed by atoms with Crippen LogP contribution in [0.2, 0.25) is 0 Å². The van der Waals surface area contributed by atoms with Gasteiger partial charge in [-0.1, -0.05) is 62.4 Å². The average molecular weight is 324 g/mol. The molecule has 0 unspecified atom stereocenters. The lowest BCUT2D eigenvalue weighted by atomic mass is 9.97. The molecule has 0 spiro atoms. The Kier molecular flexibility index (Phi) is 5.74. The first kappa shape index (κ1) is 17.7. The molecule has 0 aliphatic carbocycles. The number of hydrogen-bond donors (Lipinski definition) is 1. The molecule has 0 saturated carbocycles. The van der Waals surface area contributed by atoms with E-state index in [9.17, 15) is 9.59 Å². The zero-order valence-corrected chi connectivity index (χ0v) is 14.4. The Labute approximate surface area is 143 Å². The highest BCUT2D eigenvalue weighted by Crippen LogP contribution is 2.25. The molecule has 0 heterocycles. The van der Waals surface area contributed by atoms with Gasteiger partial charge in [0.1, 0.15) is 6.04 Å². The highest BCUT2D eigenvalue weighted by molar-refractivity contribution is 6.02.